The van der Waals surface area contributed by atoms with E-state index in [4.69, 9.17) is 4.74 Å². The zero-order chi connectivity index (χ0) is 15.4. The maximum Gasteiger partial charge on any atom is 0.409 e. The normalized spacial score (nSPS) is 14.9. The fourth-order valence-corrected chi connectivity index (χ4v) is 2.05. The fraction of sp³-hybridized carbons (Fsp3) is 0.500. The Bertz CT molecular complexity index is 642. The molecule has 2 amide bonds. The van der Waals surface area contributed by atoms with Crippen molar-refractivity contribution in [2.75, 3.05) is 32.8 Å². The number of aromatic amines is 2. The highest BCUT2D eigenvalue weighted by atomic mass is 16.6. The van der Waals surface area contributed by atoms with Crippen LogP contribution in [0.2, 0.25) is 0 Å². The van der Waals surface area contributed by atoms with Crippen molar-refractivity contribution in [2.24, 2.45) is 0 Å². The summed E-state index contributed by atoms with van der Waals surface area (Å²) in [4.78, 5) is 53.5. The van der Waals surface area contributed by atoms with E-state index in [2.05, 4.69) is 4.98 Å². The second kappa shape index (κ2) is 6.25. The van der Waals surface area contributed by atoms with Gasteiger partial charge in [-0.25, -0.2) is 9.59 Å². The molecule has 0 spiro atoms. The van der Waals surface area contributed by atoms with Gasteiger partial charge in [-0.2, -0.15) is 0 Å². The molecule has 9 nitrogen and oxygen atoms in total. The van der Waals surface area contributed by atoms with Gasteiger partial charge in [0.1, 0.15) is 5.56 Å². The van der Waals surface area contributed by atoms with Crippen LogP contribution in [0.4, 0.5) is 4.79 Å². The third-order valence-electron chi connectivity index (χ3n) is 3.14. The molecule has 1 saturated heterocycles. The molecule has 0 aromatic carbocycles. The first-order valence-corrected chi connectivity index (χ1v) is 6.56. The molecule has 0 bridgehead atoms. The smallest absolute Gasteiger partial charge is 0.409 e. The lowest BCUT2D eigenvalue weighted by Crippen LogP contribution is -2.51. The van der Waals surface area contributed by atoms with Gasteiger partial charge in [0, 0.05) is 32.4 Å². The van der Waals surface area contributed by atoms with Crippen LogP contribution in [0.3, 0.4) is 0 Å². The van der Waals surface area contributed by atoms with Crippen LogP contribution in [-0.4, -0.2) is 64.6 Å². The molecule has 0 radical (unpaired) electrons. The molecule has 1 fully saturated rings. The van der Waals surface area contributed by atoms with E-state index in [-0.39, 0.29) is 5.56 Å². The molecular formula is C12H16N4O5. The molecule has 0 saturated carbocycles. The number of amides is 2. The standard InChI is InChI=1S/C12H16N4O5/c1-2-21-12(20)16-5-3-15(4-6-16)10(18)8-7-13-11(19)14-9(8)17/h7H,2-6H2,1H3,(H2,13,14,17,19). The molecule has 0 aliphatic carbocycles. The van der Waals surface area contributed by atoms with Gasteiger partial charge < -0.3 is 19.5 Å². The summed E-state index contributed by atoms with van der Waals surface area (Å²) in [5.74, 6) is -0.476. The van der Waals surface area contributed by atoms with Crippen LogP contribution >= 0.6 is 0 Å². The minimum atomic E-state index is -0.725. The summed E-state index contributed by atoms with van der Waals surface area (Å²) in [6, 6.07) is 0. The Morgan fingerprint density at radius 1 is 1.19 bits per heavy atom. The molecule has 9 heteroatoms. The number of H-pyrrole nitrogens is 2. The van der Waals surface area contributed by atoms with Crippen molar-refractivity contribution in [3.8, 4) is 0 Å². The number of aromatic nitrogens is 2. The summed E-state index contributed by atoms with van der Waals surface area (Å²) in [6.07, 6.45) is 0.688. The lowest BCUT2D eigenvalue weighted by molar-refractivity contribution is 0.0568. The van der Waals surface area contributed by atoms with Crippen LogP contribution in [0, 0.1) is 0 Å². The topological polar surface area (TPSA) is 116 Å². The van der Waals surface area contributed by atoms with Crippen molar-refractivity contribution in [3.05, 3.63) is 32.6 Å². The Kier molecular flexibility index (Phi) is 4.41. The van der Waals surface area contributed by atoms with E-state index in [1.165, 1.54) is 9.80 Å². The quantitative estimate of drug-likeness (QED) is 0.724. The summed E-state index contributed by atoms with van der Waals surface area (Å²) < 4.78 is 4.88. The average molecular weight is 296 g/mol. The van der Waals surface area contributed by atoms with Crippen LogP contribution in [0.5, 0.6) is 0 Å². The van der Waals surface area contributed by atoms with E-state index in [1.54, 1.807) is 6.92 Å². The Labute approximate surface area is 119 Å². The molecule has 114 valence electrons. The molecule has 0 atom stereocenters. The monoisotopic (exact) mass is 296 g/mol. The molecule has 1 aliphatic rings. The van der Waals surface area contributed by atoms with Gasteiger partial charge in [-0.05, 0) is 6.92 Å². The Hall–Kier alpha value is -2.58. The van der Waals surface area contributed by atoms with Gasteiger partial charge >= 0.3 is 11.8 Å². The summed E-state index contributed by atoms with van der Waals surface area (Å²) >= 11 is 0. The number of piperazine rings is 1. The first kappa shape index (κ1) is 14.8. The number of carbonyl (C=O) groups is 2. The van der Waals surface area contributed by atoms with E-state index in [0.717, 1.165) is 6.20 Å². The van der Waals surface area contributed by atoms with Crippen LogP contribution < -0.4 is 11.2 Å². The Morgan fingerprint density at radius 2 is 1.81 bits per heavy atom. The highest BCUT2D eigenvalue weighted by molar-refractivity contribution is 5.93. The van der Waals surface area contributed by atoms with Crippen molar-refractivity contribution in [2.45, 2.75) is 6.92 Å². The first-order valence-electron chi connectivity index (χ1n) is 6.56. The van der Waals surface area contributed by atoms with Crippen molar-refractivity contribution in [1.82, 2.24) is 19.8 Å². The Morgan fingerprint density at radius 3 is 2.38 bits per heavy atom. The second-order valence-corrected chi connectivity index (χ2v) is 4.46. The summed E-state index contributed by atoms with van der Waals surface area (Å²) in [5, 5.41) is 0. The number of nitrogens with one attached hydrogen (secondary N) is 2. The average Bonchev–Trinajstić information content (AvgIpc) is 2.47. The second-order valence-electron chi connectivity index (χ2n) is 4.46. The van der Waals surface area contributed by atoms with Gasteiger partial charge in [0.2, 0.25) is 0 Å². The zero-order valence-corrected chi connectivity index (χ0v) is 11.5. The highest BCUT2D eigenvalue weighted by Gasteiger charge is 2.26. The molecule has 0 unspecified atom stereocenters. The third-order valence-corrected chi connectivity index (χ3v) is 3.14. The fourth-order valence-electron chi connectivity index (χ4n) is 2.05. The predicted molar refractivity (Wildman–Crippen MR) is 72.2 cm³/mol. The molecule has 2 N–H and O–H groups in total. The highest BCUT2D eigenvalue weighted by Crippen LogP contribution is 2.06. The van der Waals surface area contributed by atoms with Gasteiger partial charge in [-0.3, -0.25) is 14.6 Å². The van der Waals surface area contributed by atoms with Crippen molar-refractivity contribution in [1.29, 1.82) is 0 Å². The van der Waals surface area contributed by atoms with Gasteiger partial charge in [0.15, 0.2) is 0 Å². The van der Waals surface area contributed by atoms with E-state index in [0.29, 0.717) is 32.8 Å². The molecule has 2 rings (SSSR count). The number of carbonyl (C=O) groups excluding carboxylic acids is 2. The number of hydrogen-bond donors (Lipinski definition) is 2. The van der Waals surface area contributed by atoms with Crippen LogP contribution in [-0.2, 0) is 4.74 Å². The van der Waals surface area contributed by atoms with Crippen molar-refractivity contribution >= 4 is 12.0 Å². The number of hydrogen-bond acceptors (Lipinski definition) is 5. The van der Waals surface area contributed by atoms with Crippen LogP contribution in [0.15, 0.2) is 15.8 Å². The van der Waals surface area contributed by atoms with E-state index >= 15 is 0 Å². The predicted octanol–water partition coefficient (Wildman–Crippen LogP) is -1.02. The molecular weight excluding hydrogens is 280 g/mol. The van der Waals surface area contributed by atoms with E-state index in [1.807, 2.05) is 4.98 Å². The first-order chi connectivity index (χ1) is 10.0. The molecule has 1 aromatic rings. The van der Waals surface area contributed by atoms with E-state index < -0.39 is 23.2 Å². The van der Waals surface area contributed by atoms with Crippen molar-refractivity contribution in [3.63, 3.8) is 0 Å². The van der Waals surface area contributed by atoms with Crippen molar-refractivity contribution < 1.29 is 14.3 Å². The molecule has 21 heavy (non-hydrogen) atoms. The van der Waals surface area contributed by atoms with Crippen LogP contribution in [0.1, 0.15) is 17.3 Å². The molecule has 1 aromatic heterocycles. The summed E-state index contributed by atoms with van der Waals surface area (Å²) in [6.45, 7) is 3.30. The van der Waals surface area contributed by atoms with Gasteiger partial charge in [-0.15, -0.1) is 0 Å². The minimum absolute atomic E-state index is 0.126. The number of rotatable bonds is 2. The number of nitrogens with zero attached hydrogens (tertiary/aromatic N) is 2. The molecule has 2 heterocycles. The third kappa shape index (κ3) is 3.30. The minimum Gasteiger partial charge on any atom is -0.450 e. The SMILES string of the molecule is CCOC(=O)N1CCN(C(=O)c2c[nH]c(=O)[nH]c2=O)CC1. The molecule has 1 aliphatic heterocycles. The lowest BCUT2D eigenvalue weighted by atomic mass is 10.2. The van der Waals surface area contributed by atoms with Gasteiger partial charge in [0.25, 0.3) is 11.5 Å². The van der Waals surface area contributed by atoms with Gasteiger partial charge in [0.05, 0.1) is 6.61 Å². The largest absolute Gasteiger partial charge is 0.450 e. The zero-order valence-electron chi connectivity index (χ0n) is 11.5. The lowest BCUT2D eigenvalue weighted by Gasteiger charge is -2.33. The Balaban J connectivity index is 2.02. The van der Waals surface area contributed by atoms with E-state index in [9.17, 15) is 19.2 Å². The maximum absolute atomic E-state index is 12.2. The van der Waals surface area contributed by atoms with Crippen LogP contribution in [0.25, 0.3) is 0 Å². The van der Waals surface area contributed by atoms with Gasteiger partial charge in [-0.1, -0.05) is 0 Å². The number of ether oxygens (including phenoxy) is 1. The maximum atomic E-state index is 12.2. The summed E-state index contributed by atoms with van der Waals surface area (Å²) in [7, 11) is 0. The summed E-state index contributed by atoms with van der Waals surface area (Å²) in [5.41, 5.74) is -1.51.